The molecular formula is C22H42N4O15. The third-order valence-electron chi connectivity index (χ3n) is 7.67. The molecule has 0 saturated carbocycles. The maximum atomic E-state index is 11.0. The molecule has 0 spiro atoms. The minimum absolute atomic E-state index is 0.0689. The van der Waals surface area contributed by atoms with Gasteiger partial charge in [0.15, 0.2) is 18.9 Å². The van der Waals surface area contributed by atoms with Crippen molar-refractivity contribution in [2.24, 2.45) is 22.9 Å². The van der Waals surface area contributed by atoms with Gasteiger partial charge in [-0.25, -0.2) is 0 Å². The first kappa shape index (κ1) is 33.1. The average molecular weight is 603 g/mol. The minimum Gasteiger partial charge on any atom is -0.394 e. The fourth-order valence-corrected chi connectivity index (χ4v) is 5.23. The molecule has 4 aliphatic rings. The minimum atomic E-state index is -1.65. The van der Waals surface area contributed by atoms with Crippen molar-refractivity contribution >= 4 is 0 Å². The fourth-order valence-electron chi connectivity index (χ4n) is 5.23. The molecule has 0 aromatic carbocycles. The molecule has 41 heavy (non-hydrogen) atoms. The van der Waals surface area contributed by atoms with Gasteiger partial charge in [-0.3, -0.25) is 0 Å². The van der Waals surface area contributed by atoms with Crippen LogP contribution in [0.4, 0.5) is 0 Å². The average Bonchev–Trinajstić information content (AvgIpc) is 3.25. The number of rotatable bonds is 9. The number of aliphatic hydroxyl groups excluding tert-OH is 8. The molecule has 19 nitrogen and oxygen atoms in total. The van der Waals surface area contributed by atoms with Gasteiger partial charge in [0.25, 0.3) is 0 Å². The summed E-state index contributed by atoms with van der Waals surface area (Å²) in [6.45, 7) is -1.33. The highest BCUT2D eigenvalue weighted by molar-refractivity contribution is 4.97. The predicted octanol–water partition coefficient (Wildman–Crippen LogP) is -8.26. The summed E-state index contributed by atoms with van der Waals surface area (Å²) >= 11 is 0. The Labute approximate surface area is 234 Å². The van der Waals surface area contributed by atoms with Crippen LogP contribution in [0.1, 0.15) is 6.42 Å². The van der Waals surface area contributed by atoms with E-state index in [1.54, 1.807) is 0 Å². The number of hydrogen-bond donors (Lipinski definition) is 12. The van der Waals surface area contributed by atoms with E-state index in [0.717, 1.165) is 0 Å². The Bertz CT molecular complexity index is 836. The lowest BCUT2D eigenvalue weighted by Gasteiger charge is -2.45. The van der Waals surface area contributed by atoms with E-state index in [-0.39, 0.29) is 13.0 Å². The molecule has 0 amide bonds. The number of ether oxygens (including phenoxy) is 7. The second-order valence-corrected chi connectivity index (χ2v) is 10.5. The van der Waals surface area contributed by atoms with Crippen molar-refractivity contribution in [1.82, 2.24) is 0 Å². The maximum Gasteiger partial charge on any atom is 0.187 e. The molecule has 0 aromatic heterocycles. The van der Waals surface area contributed by atoms with Gasteiger partial charge in [-0.05, 0) is 0 Å². The molecule has 19 heteroatoms. The van der Waals surface area contributed by atoms with Crippen molar-refractivity contribution in [2.75, 3.05) is 19.8 Å². The van der Waals surface area contributed by atoms with E-state index < -0.39 is 124 Å². The zero-order chi connectivity index (χ0) is 30.2. The van der Waals surface area contributed by atoms with E-state index in [0.29, 0.717) is 0 Å². The lowest BCUT2D eigenvalue weighted by molar-refractivity contribution is -0.342. The number of aliphatic hydroxyl groups is 8. The number of hydrogen-bond acceptors (Lipinski definition) is 19. The Morgan fingerprint density at radius 2 is 1.20 bits per heavy atom. The molecule has 0 aromatic rings. The predicted molar refractivity (Wildman–Crippen MR) is 129 cm³/mol. The van der Waals surface area contributed by atoms with Crippen molar-refractivity contribution in [3.8, 4) is 0 Å². The van der Waals surface area contributed by atoms with Crippen LogP contribution < -0.4 is 22.9 Å². The van der Waals surface area contributed by atoms with Gasteiger partial charge in [0.1, 0.15) is 73.5 Å². The van der Waals surface area contributed by atoms with Crippen LogP contribution in [0.3, 0.4) is 0 Å². The number of nitrogens with two attached hydrogens (primary N) is 4. The molecule has 4 fully saturated rings. The molecule has 0 unspecified atom stereocenters. The van der Waals surface area contributed by atoms with Gasteiger partial charge in [0.2, 0.25) is 0 Å². The van der Waals surface area contributed by atoms with Gasteiger partial charge in [-0.1, -0.05) is 0 Å². The quantitative estimate of drug-likeness (QED) is 0.116. The summed E-state index contributed by atoms with van der Waals surface area (Å²) in [6, 6.07) is -1.26. The molecule has 16 N–H and O–H groups in total. The Hall–Kier alpha value is -0.760. The first-order valence-electron chi connectivity index (χ1n) is 13.3. The Morgan fingerprint density at radius 3 is 1.83 bits per heavy atom. The van der Waals surface area contributed by atoms with Gasteiger partial charge < -0.3 is 96.9 Å². The lowest BCUT2D eigenvalue weighted by Crippen LogP contribution is -2.67. The Balaban J connectivity index is 1.49. The summed E-state index contributed by atoms with van der Waals surface area (Å²) in [5.74, 6) is 0. The van der Waals surface area contributed by atoms with E-state index in [2.05, 4.69) is 0 Å². The van der Waals surface area contributed by atoms with Crippen LogP contribution in [0.25, 0.3) is 0 Å². The molecular weight excluding hydrogens is 560 g/mol. The smallest absolute Gasteiger partial charge is 0.187 e. The zero-order valence-corrected chi connectivity index (χ0v) is 22.0. The van der Waals surface area contributed by atoms with Crippen LogP contribution >= 0.6 is 0 Å². The molecule has 0 aliphatic carbocycles. The highest BCUT2D eigenvalue weighted by Gasteiger charge is 2.54. The third-order valence-corrected chi connectivity index (χ3v) is 7.67. The SMILES string of the molecule is NC[C@@H]1O[C@H](O[C@H]2[C@@H](O)[C@H](O[C@@H]3[C@@H](O)[C@H](N)O[C@H](N)[C@H]3O[C@H]3O[C@H](CO)C[C@@H](O)[C@@H]3O)O[C@@H]2CO)[C@H](N)[C@@H](O)[C@H]1O. The lowest BCUT2D eigenvalue weighted by atomic mass is 9.97. The van der Waals surface area contributed by atoms with Crippen molar-refractivity contribution in [1.29, 1.82) is 0 Å². The summed E-state index contributed by atoms with van der Waals surface area (Å²) in [6.07, 6.45) is -23.7. The summed E-state index contributed by atoms with van der Waals surface area (Å²) in [4.78, 5) is 0. The molecule has 4 saturated heterocycles. The van der Waals surface area contributed by atoms with Crippen molar-refractivity contribution in [3.63, 3.8) is 0 Å². The monoisotopic (exact) mass is 602 g/mol. The van der Waals surface area contributed by atoms with E-state index in [4.69, 9.17) is 56.1 Å². The highest BCUT2D eigenvalue weighted by Crippen LogP contribution is 2.33. The highest BCUT2D eigenvalue weighted by atomic mass is 16.8. The molecule has 4 rings (SSSR count). The molecule has 4 heterocycles. The van der Waals surface area contributed by atoms with Gasteiger partial charge in [0, 0.05) is 13.0 Å². The standard InChI is InChI=1S/C22H42N4O15/c23-2-7-11(31)12(32)9(24)20(36-7)38-15-8(4-28)37-22(14(15)34)39-16-13(33)18(25)41-19(26)17(16)40-21-10(30)6(29)1-5(3-27)35-21/h5-22,27-34H,1-4,23-26H2/t5-,6+,7-,8+,9+,10-,11-,12+,13+,14+,15+,16+,17-,18+,19-,20+,21+,22-/m0/s1. The second-order valence-electron chi connectivity index (χ2n) is 10.5. The summed E-state index contributed by atoms with van der Waals surface area (Å²) in [5.41, 5.74) is 23.4. The third kappa shape index (κ3) is 6.83. The van der Waals surface area contributed by atoms with Crippen LogP contribution in [0.2, 0.25) is 0 Å². The fraction of sp³-hybridized carbons (Fsp3) is 1.00. The Kier molecular flexibility index (Phi) is 11.2. The van der Waals surface area contributed by atoms with E-state index in [1.807, 2.05) is 0 Å². The second kappa shape index (κ2) is 13.9. The zero-order valence-electron chi connectivity index (χ0n) is 22.0. The molecule has 240 valence electrons. The Morgan fingerprint density at radius 1 is 0.585 bits per heavy atom. The molecule has 18 atom stereocenters. The molecule has 4 aliphatic heterocycles. The van der Waals surface area contributed by atoms with E-state index in [9.17, 15) is 40.9 Å². The van der Waals surface area contributed by atoms with Crippen LogP contribution in [0.15, 0.2) is 0 Å². The first-order chi connectivity index (χ1) is 19.4. The van der Waals surface area contributed by atoms with Gasteiger partial charge in [0.05, 0.1) is 31.5 Å². The van der Waals surface area contributed by atoms with Crippen LogP contribution in [0, 0.1) is 0 Å². The molecule has 0 radical (unpaired) electrons. The van der Waals surface area contributed by atoms with Gasteiger partial charge in [-0.2, -0.15) is 0 Å². The van der Waals surface area contributed by atoms with Crippen molar-refractivity contribution in [3.05, 3.63) is 0 Å². The summed E-state index contributed by atoms with van der Waals surface area (Å²) in [5, 5.41) is 82.1. The van der Waals surface area contributed by atoms with Crippen LogP contribution in [0.5, 0.6) is 0 Å². The molecule has 0 bridgehead atoms. The largest absolute Gasteiger partial charge is 0.394 e. The van der Waals surface area contributed by atoms with Crippen molar-refractivity contribution < 1.29 is 74.0 Å². The van der Waals surface area contributed by atoms with E-state index in [1.165, 1.54) is 0 Å². The summed E-state index contributed by atoms with van der Waals surface area (Å²) < 4.78 is 39.3. The van der Waals surface area contributed by atoms with Crippen molar-refractivity contribution in [2.45, 2.75) is 117 Å². The normalized spacial score (nSPS) is 53.0. The van der Waals surface area contributed by atoms with Crippen LogP contribution in [-0.2, 0) is 33.2 Å². The van der Waals surface area contributed by atoms with Gasteiger partial charge >= 0.3 is 0 Å². The van der Waals surface area contributed by atoms with Gasteiger partial charge in [-0.15, -0.1) is 0 Å². The van der Waals surface area contributed by atoms with Crippen LogP contribution in [-0.4, -0.2) is 171 Å². The first-order valence-corrected chi connectivity index (χ1v) is 13.3. The summed E-state index contributed by atoms with van der Waals surface area (Å²) in [7, 11) is 0. The topological polar surface area (TPSA) is 331 Å². The maximum absolute atomic E-state index is 11.0. The van der Waals surface area contributed by atoms with E-state index >= 15 is 0 Å².